The van der Waals surface area contributed by atoms with Gasteiger partial charge in [0.25, 0.3) is 5.56 Å². The number of amides is 1. The molecule has 1 aliphatic heterocycles. The number of aryl methyl sites for hydroxylation is 1. The lowest BCUT2D eigenvalue weighted by atomic mass is 10.1. The van der Waals surface area contributed by atoms with Crippen LogP contribution in [0.5, 0.6) is 0 Å². The average Bonchev–Trinajstić information content (AvgIpc) is 3.18. The summed E-state index contributed by atoms with van der Waals surface area (Å²) in [5, 5.41) is 1.40. The minimum atomic E-state index is -0.545. The Morgan fingerprint density at radius 1 is 1.24 bits per heavy atom. The molecule has 0 bridgehead atoms. The zero-order chi connectivity index (χ0) is 23.3. The number of carbonyl (C=O) groups excluding carboxylic acids is 1. The fourth-order valence-electron chi connectivity index (χ4n) is 4.66. The number of fused-ring (bicyclic) bond motifs is 3. The van der Waals surface area contributed by atoms with Crippen molar-refractivity contribution in [2.24, 2.45) is 18.5 Å². The van der Waals surface area contributed by atoms with Crippen LogP contribution in [0.3, 0.4) is 0 Å². The summed E-state index contributed by atoms with van der Waals surface area (Å²) in [5.74, 6) is 0.153. The molecule has 1 aliphatic rings. The van der Waals surface area contributed by atoms with Gasteiger partial charge in [-0.25, -0.2) is 4.98 Å². The van der Waals surface area contributed by atoms with Crippen LogP contribution in [-0.2, 0) is 13.6 Å². The molecule has 178 valence electrons. The van der Waals surface area contributed by atoms with Gasteiger partial charge in [0.05, 0.1) is 12.1 Å². The predicted octanol–water partition coefficient (Wildman–Crippen LogP) is 3.04. The Kier molecular flexibility index (Phi) is 6.58. The Labute approximate surface area is 207 Å². The molecule has 10 heteroatoms. The second kappa shape index (κ2) is 9.29. The van der Waals surface area contributed by atoms with Crippen molar-refractivity contribution >= 4 is 57.8 Å². The van der Waals surface area contributed by atoms with Gasteiger partial charge < -0.3 is 25.5 Å². The third-order valence-electron chi connectivity index (χ3n) is 6.38. The number of nitrogens with two attached hydrogens (primary N) is 2. The molecule has 0 radical (unpaired) electrons. The van der Waals surface area contributed by atoms with E-state index in [1.165, 1.54) is 0 Å². The molecule has 4 N–H and O–H groups in total. The molecule has 1 saturated heterocycles. The van der Waals surface area contributed by atoms with Crippen molar-refractivity contribution in [2.75, 3.05) is 18.0 Å². The molecule has 3 heterocycles. The minimum Gasteiger partial charge on any atom is -0.366 e. The van der Waals surface area contributed by atoms with Crippen molar-refractivity contribution in [3.8, 4) is 0 Å². The van der Waals surface area contributed by atoms with E-state index in [2.05, 4.69) is 4.90 Å². The first-order valence-electron chi connectivity index (χ1n) is 10.9. The third-order valence-corrected chi connectivity index (χ3v) is 6.75. The zero-order valence-electron chi connectivity index (χ0n) is 18.7. The van der Waals surface area contributed by atoms with Gasteiger partial charge in [0.1, 0.15) is 11.0 Å². The SMILES string of the molecule is Cl.Cn1c(=O)c2c(nc(N3CCC[C@@H](N)C3)n2Cc2ccccc2Cl)c2ccc(C(N)=O)cc21. The van der Waals surface area contributed by atoms with Crippen LogP contribution in [0.25, 0.3) is 21.9 Å². The minimum absolute atomic E-state index is 0. The number of hydrogen-bond acceptors (Lipinski definition) is 5. The van der Waals surface area contributed by atoms with E-state index in [0.29, 0.717) is 46.2 Å². The number of pyridine rings is 1. The molecule has 2 aromatic heterocycles. The van der Waals surface area contributed by atoms with Crippen molar-refractivity contribution in [2.45, 2.75) is 25.4 Å². The maximum Gasteiger partial charge on any atom is 0.277 e. The first-order chi connectivity index (χ1) is 15.8. The summed E-state index contributed by atoms with van der Waals surface area (Å²) in [6.45, 7) is 1.87. The Morgan fingerprint density at radius 2 is 2.00 bits per heavy atom. The van der Waals surface area contributed by atoms with Crippen LogP contribution in [0.15, 0.2) is 47.3 Å². The number of halogens is 2. The molecule has 0 saturated carbocycles. The van der Waals surface area contributed by atoms with Gasteiger partial charge >= 0.3 is 0 Å². The molecule has 0 spiro atoms. The average molecular weight is 501 g/mol. The Bertz CT molecular complexity index is 1460. The number of anilines is 1. The van der Waals surface area contributed by atoms with Crippen LogP contribution in [0, 0.1) is 0 Å². The van der Waals surface area contributed by atoms with Crippen LogP contribution in [0.4, 0.5) is 5.95 Å². The second-order valence-electron chi connectivity index (χ2n) is 8.60. The molecule has 4 aromatic rings. The lowest BCUT2D eigenvalue weighted by molar-refractivity contribution is 0.100. The third kappa shape index (κ3) is 4.02. The van der Waals surface area contributed by atoms with Gasteiger partial charge in [0.15, 0.2) is 0 Å². The van der Waals surface area contributed by atoms with Gasteiger partial charge in [-0.2, -0.15) is 0 Å². The molecular formula is C24H26Cl2N6O2. The summed E-state index contributed by atoms with van der Waals surface area (Å²) in [5.41, 5.74) is 14.5. The maximum absolute atomic E-state index is 13.6. The molecular weight excluding hydrogens is 475 g/mol. The lowest BCUT2D eigenvalue weighted by Crippen LogP contribution is -2.44. The summed E-state index contributed by atoms with van der Waals surface area (Å²) >= 11 is 6.47. The summed E-state index contributed by atoms with van der Waals surface area (Å²) < 4.78 is 3.49. The molecule has 1 atom stereocenters. The highest BCUT2D eigenvalue weighted by molar-refractivity contribution is 6.31. The van der Waals surface area contributed by atoms with E-state index in [1.54, 1.807) is 29.8 Å². The van der Waals surface area contributed by atoms with Gasteiger partial charge in [-0.15, -0.1) is 12.4 Å². The zero-order valence-corrected chi connectivity index (χ0v) is 20.3. The largest absolute Gasteiger partial charge is 0.366 e. The van der Waals surface area contributed by atoms with Crippen LogP contribution in [0.2, 0.25) is 5.02 Å². The van der Waals surface area contributed by atoms with Gasteiger partial charge in [0, 0.05) is 42.2 Å². The quantitative estimate of drug-likeness (QED) is 0.447. The molecule has 34 heavy (non-hydrogen) atoms. The van der Waals surface area contributed by atoms with Gasteiger partial charge in [-0.1, -0.05) is 29.8 Å². The van der Waals surface area contributed by atoms with E-state index in [9.17, 15) is 9.59 Å². The van der Waals surface area contributed by atoms with Crippen molar-refractivity contribution in [1.82, 2.24) is 14.1 Å². The highest BCUT2D eigenvalue weighted by Crippen LogP contribution is 2.30. The molecule has 8 nitrogen and oxygen atoms in total. The van der Waals surface area contributed by atoms with E-state index < -0.39 is 5.91 Å². The highest BCUT2D eigenvalue weighted by atomic mass is 35.5. The number of nitrogens with zero attached hydrogens (tertiary/aromatic N) is 4. The smallest absolute Gasteiger partial charge is 0.277 e. The molecule has 2 aromatic carbocycles. The number of carbonyl (C=O) groups is 1. The van der Waals surface area contributed by atoms with E-state index >= 15 is 0 Å². The van der Waals surface area contributed by atoms with Crippen molar-refractivity contribution in [3.05, 3.63) is 69.0 Å². The number of rotatable bonds is 4. The summed E-state index contributed by atoms with van der Waals surface area (Å²) in [6, 6.07) is 12.7. The van der Waals surface area contributed by atoms with E-state index in [4.69, 9.17) is 28.1 Å². The molecule has 0 aliphatic carbocycles. The number of hydrogen-bond donors (Lipinski definition) is 2. The maximum atomic E-state index is 13.6. The van der Waals surface area contributed by atoms with Crippen LogP contribution in [-0.4, -0.2) is 39.2 Å². The molecule has 1 fully saturated rings. The van der Waals surface area contributed by atoms with Crippen LogP contribution < -0.4 is 21.9 Å². The van der Waals surface area contributed by atoms with E-state index in [0.717, 1.165) is 30.3 Å². The second-order valence-corrected chi connectivity index (χ2v) is 9.00. The summed E-state index contributed by atoms with van der Waals surface area (Å²) in [7, 11) is 1.69. The Hall–Kier alpha value is -3.07. The molecule has 1 amide bonds. The van der Waals surface area contributed by atoms with Crippen molar-refractivity contribution < 1.29 is 4.79 Å². The number of primary amides is 1. The van der Waals surface area contributed by atoms with E-state index in [-0.39, 0.29) is 24.0 Å². The topological polar surface area (TPSA) is 112 Å². The Morgan fingerprint density at radius 3 is 2.71 bits per heavy atom. The number of imidazole rings is 1. The summed E-state index contributed by atoms with van der Waals surface area (Å²) in [4.78, 5) is 32.4. The van der Waals surface area contributed by atoms with Crippen molar-refractivity contribution in [1.29, 1.82) is 0 Å². The van der Waals surface area contributed by atoms with Gasteiger partial charge in [-0.3, -0.25) is 9.59 Å². The standard InChI is InChI=1S/C24H25ClN6O2.ClH/c1-29-19-11-14(22(27)32)8-9-17(19)20-21(23(29)33)31(12-15-5-2-3-7-18(15)25)24(28-20)30-10-4-6-16(26)13-30;/h2-3,5,7-9,11,16H,4,6,10,12-13,26H2,1H3,(H2,27,32);1H/t16-;/m1./s1. The van der Waals surface area contributed by atoms with Crippen molar-refractivity contribution in [3.63, 3.8) is 0 Å². The molecule has 5 rings (SSSR count). The number of benzene rings is 2. The fourth-order valence-corrected chi connectivity index (χ4v) is 4.85. The monoisotopic (exact) mass is 500 g/mol. The van der Waals surface area contributed by atoms with Gasteiger partial charge in [-0.05, 0) is 42.7 Å². The number of aromatic nitrogens is 3. The normalized spacial score (nSPS) is 16.1. The van der Waals surface area contributed by atoms with Gasteiger partial charge in [0.2, 0.25) is 11.9 Å². The molecule has 0 unspecified atom stereocenters. The fraction of sp³-hybridized carbons (Fsp3) is 0.292. The Balaban J connectivity index is 0.00000274. The lowest BCUT2D eigenvalue weighted by Gasteiger charge is -2.32. The summed E-state index contributed by atoms with van der Waals surface area (Å²) in [6.07, 6.45) is 1.92. The first kappa shape index (κ1) is 24.1. The van der Waals surface area contributed by atoms with Crippen LogP contribution in [0.1, 0.15) is 28.8 Å². The first-order valence-corrected chi connectivity index (χ1v) is 11.3. The van der Waals surface area contributed by atoms with E-state index in [1.807, 2.05) is 28.8 Å². The highest BCUT2D eigenvalue weighted by Gasteiger charge is 2.26. The number of piperidine rings is 1. The predicted molar refractivity (Wildman–Crippen MR) is 138 cm³/mol. The van der Waals surface area contributed by atoms with Crippen LogP contribution >= 0.6 is 24.0 Å².